The first kappa shape index (κ1) is 18.6. The first-order chi connectivity index (χ1) is 10.2. The largest absolute Gasteiger partial charge is 0.490 e. The maximum atomic E-state index is 12.3. The number of unbranched alkanes of at least 4 members (excludes halogenated alkanes) is 1. The van der Waals surface area contributed by atoms with E-state index in [0.717, 1.165) is 25.7 Å². The highest BCUT2D eigenvalue weighted by atomic mass is 35.5. The summed E-state index contributed by atoms with van der Waals surface area (Å²) in [6.45, 7) is 3.83. The van der Waals surface area contributed by atoms with E-state index in [1.807, 2.05) is 0 Å². The molecule has 124 valence electrons. The Kier molecular flexibility index (Phi) is 8.06. The Morgan fingerprint density at radius 3 is 2.73 bits per heavy atom. The topological polar surface area (TPSA) is 73.6 Å². The van der Waals surface area contributed by atoms with E-state index < -0.39 is 0 Å². The molecule has 2 rings (SSSR count). The smallest absolute Gasteiger partial charge is 0.251 e. The third kappa shape index (κ3) is 5.07. The zero-order valence-corrected chi connectivity index (χ0v) is 13.8. The SMILES string of the molecule is CCCCC(CN)NC(=O)c1ccc2c(c1)OCCCO2.Cl. The summed E-state index contributed by atoms with van der Waals surface area (Å²) in [6.07, 6.45) is 3.91. The molecule has 0 bridgehead atoms. The predicted octanol–water partition coefficient (Wildman–Crippen LogP) is 2.52. The maximum Gasteiger partial charge on any atom is 0.251 e. The average Bonchev–Trinajstić information content (AvgIpc) is 2.75. The van der Waals surface area contributed by atoms with Gasteiger partial charge in [0, 0.05) is 24.6 Å². The van der Waals surface area contributed by atoms with Gasteiger partial charge in [0.25, 0.3) is 5.91 Å². The number of fused-ring (bicyclic) bond motifs is 1. The van der Waals surface area contributed by atoms with E-state index in [-0.39, 0.29) is 24.4 Å². The number of amides is 1. The zero-order chi connectivity index (χ0) is 15.1. The van der Waals surface area contributed by atoms with Crippen LogP contribution < -0.4 is 20.5 Å². The maximum absolute atomic E-state index is 12.3. The van der Waals surface area contributed by atoms with Crippen LogP contribution in [0.4, 0.5) is 0 Å². The Morgan fingerprint density at radius 1 is 1.32 bits per heavy atom. The van der Waals surface area contributed by atoms with Crippen molar-refractivity contribution in [2.75, 3.05) is 19.8 Å². The monoisotopic (exact) mass is 328 g/mol. The van der Waals surface area contributed by atoms with Crippen molar-refractivity contribution in [3.05, 3.63) is 23.8 Å². The van der Waals surface area contributed by atoms with Gasteiger partial charge >= 0.3 is 0 Å². The van der Waals surface area contributed by atoms with Crippen LogP contribution >= 0.6 is 12.4 Å². The van der Waals surface area contributed by atoms with Crippen molar-refractivity contribution < 1.29 is 14.3 Å². The third-order valence-electron chi connectivity index (χ3n) is 3.54. The Balaban J connectivity index is 0.00000242. The van der Waals surface area contributed by atoms with Gasteiger partial charge < -0.3 is 20.5 Å². The molecule has 1 aliphatic rings. The van der Waals surface area contributed by atoms with Crippen LogP contribution in [0.1, 0.15) is 43.0 Å². The fourth-order valence-corrected chi connectivity index (χ4v) is 2.27. The molecule has 22 heavy (non-hydrogen) atoms. The number of carbonyl (C=O) groups excluding carboxylic acids is 1. The first-order valence-corrected chi connectivity index (χ1v) is 7.65. The molecule has 0 aromatic heterocycles. The Hall–Kier alpha value is -1.46. The molecule has 1 aromatic carbocycles. The minimum Gasteiger partial charge on any atom is -0.490 e. The summed E-state index contributed by atoms with van der Waals surface area (Å²) in [7, 11) is 0. The van der Waals surface area contributed by atoms with Crippen molar-refractivity contribution in [2.24, 2.45) is 5.73 Å². The third-order valence-corrected chi connectivity index (χ3v) is 3.54. The Morgan fingerprint density at radius 2 is 2.05 bits per heavy atom. The fourth-order valence-electron chi connectivity index (χ4n) is 2.27. The summed E-state index contributed by atoms with van der Waals surface area (Å²) >= 11 is 0. The molecule has 1 aromatic rings. The molecular formula is C16H25ClN2O3. The highest BCUT2D eigenvalue weighted by Gasteiger charge is 2.16. The standard InChI is InChI=1S/C16H24N2O3.ClH/c1-2-3-5-13(11-17)18-16(19)12-6-7-14-15(10-12)21-9-4-8-20-14;/h6-7,10,13H,2-5,8-9,11,17H2,1H3,(H,18,19);1H. The van der Waals surface area contributed by atoms with Gasteiger partial charge in [0.2, 0.25) is 0 Å². The average molecular weight is 329 g/mol. The molecule has 0 aliphatic carbocycles. The number of hydrogen-bond acceptors (Lipinski definition) is 4. The van der Waals surface area contributed by atoms with E-state index in [1.54, 1.807) is 18.2 Å². The minimum atomic E-state index is -0.114. The van der Waals surface area contributed by atoms with Crippen molar-refractivity contribution in [1.82, 2.24) is 5.32 Å². The minimum absolute atomic E-state index is 0. The van der Waals surface area contributed by atoms with Gasteiger partial charge in [-0.3, -0.25) is 4.79 Å². The number of rotatable bonds is 6. The number of halogens is 1. The Labute approximate surface area is 138 Å². The lowest BCUT2D eigenvalue weighted by Gasteiger charge is -2.17. The molecule has 1 amide bonds. The molecule has 0 fully saturated rings. The number of hydrogen-bond donors (Lipinski definition) is 2. The van der Waals surface area contributed by atoms with Gasteiger partial charge in [-0.05, 0) is 24.6 Å². The van der Waals surface area contributed by atoms with Crippen molar-refractivity contribution >= 4 is 18.3 Å². The summed E-state index contributed by atoms with van der Waals surface area (Å²) in [4.78, 5) is 12.3. The second-order valence-electron chi connectivity index (χ2n) is 5.26. The predicted molar refractivity (Wildman–Crippen MR) is 89.1 cm³/mol. The Bertz CT molecular complexity index is 482. The lowest BCUT2D eigenvalue weighted by atomic mass is 10.1. The van der Waals surface area contributed by atoms with Crippen LogP contribution in [0.15, 0.2) is 18.2 Å². The van der Waals surface area contributed by atoms with Gasteiger partial charge in [0.15, 0.2) is 11.5 Å². The van der Waals surface area contributed by atoms with Crippen LogP contribution in [-0.2, 0) is 0 Å². The molecule has 0 radical (unpaired) electrons. The van der Waals surface area contributed by atoms with Crippen molar-refractivity contribution in [2.45, 2.75) is 38.6 Å². The number of nitrogens with two attached hydrogens (primary N) is 1. The van der Waals surface area contributed by atoms with Gasteiger partial charge in [-0.25, -0.2) is 0 Å². The summed E-state index contributed by atoms with van der Waals surface area (Å²) < 4.78 is 11.2. The summed E-state index contributed by atoms with van der Waals surface area (Å²) in [5.74, 6) is 1.22. The second kappa shape index (κ2) is 9.54. The lowest BCUT2D eigenvalue weighted by Crippen LogP contribution is -2.40. The zero-order valence-electron chi connectivity index (χ0n) is 13.0. The number of ether oxygens (including phenoxy) is 2. The number of nitrogens with one attached hydrogen (secondary N) is 1. The molecule has 5 nitrogen and oxygen atoms in total. The molecule has 0 saturated carbocycles. The van der Waals surface area contributed by atoms with E-state index >= 15 is 0 Å². The molecule has 1 heterocycles. The molecule has 1 atom stereocenters. The van der Waals surface area contributed by atoms with Gasteiger partial charge in [-0.15, -0.1) is 12.4 Å². The molecule has 0 saturated heterocycles. The van der Waals surface area contributed by atoms with Gasteiger partial charge in [-0.2, -0.15) is 0 Å². The number of carbonyl (C=O) groups is 1. The second-order valence-corrected chi connectivity index (χ2v) is 5.26. The van der Waals surface area contributed by atoms with Crippen LogP contribution in [0, 0.1) is 0 Å². The van der Waals surface area contributed by atoms with E-state index in [1.165, 1.54) is 0 Å². The first-order valence-electron chi connectivity index (χ1n) is 7.65. The number of benzene rings is 1. The summed E-state index contributed by atoms with van der Waals surface area (Å²) in [6, 6.07) is 5.31. The molecule has 1 unspecified atom stereocenters. The highest BCUT2D eigenvalue weighted by molar-refractivity contribution is 5.95. The van der Waals surface area contributed by atoms with Crippen molar-refractivity contribution in [3.63, 3.8) is 0 Å². The molecule has 3 N–H and O–H groups in total. The van der Waals surface area contributed by atoms with E-state index in [2.05, 4.69) is 12.2 Å². The fraction of sp³-hybridized carbons (Fsp3) is 0.562. The van der Waals surface area contributed by atoms with Gasteiger partial charge in [0.05, 0.1) is 13.2 Å². The molecular weight excluding hydrogens is 304 g/mol. The van der Waals surface area contributed by atoms with Crippen molar-refractivity contribution in [3.8, 4) is 11.5 Å². The molecule has 0 spiro atoms. The highest BCUT2D eigenvalue weighted by Crippen LogP contribution is 2.30. The summed E-state index contributed by atoms with van der Waals surface area (Å²) in [5, 5.41) is 2.98. The normalized spacial score (nSPS) is 14.5. The summed E-state index contributed by atoms with van der Waals surface area (Å²) in [5.41, 5.74) is 6.29. The van der Waals surface area contributed by atoms with Gasteiger partial charge in [-0.1, -0.05) is 19.8 Å². The lowest BCUT2D eigenvalue weighted by molar-refractivity contribution is 0.0935. The van der Waals surface area contributed by atoms with Crippen LogP contribution in [0.5, 0.6) is 11.5 Å². The quantitative estimate of drug-likeness (QED) is 0.841. The van der Waals surface area contributed by atoms with E-state index in [4.69, 9.17) is 15.2 Å². The van der Waals surface area contributed by atoms with Crippen molar-refractivity contribution in [1.29, 1.82) is 0 Å². The molecule has 6 heteroatoms. The van der Waals surface area contributed by atoms with E-state index in [0.29, 0.717) is 36.8 Å². The van der Waals surface area contributed by atoms with Crippen LogP contribution in [-0.4, -0.2) is 31.7 Å². The van der Waals surface area contributed by atoms with Crippen LogP contribution in [0.3, 0.4) is 0 Å². The van der Waals surface area contributed by atoms with Gasteiger partial charge in [0.1, 0.15) is 0 Å². The molecule has 1 aliphatic heterocycles. The van der Waals surface area contributed by atoms with Crippen LogP contribution in [0.25, 0.3) is 0 Å². The van der Waals surface area contributed by atoms with Crippen LogP contribution in [0.2, 0.25) is 0 Å². The van der Waals surface area contributed by atoms with E-state index in [9.17, 15) is 4.79 Å².